The maximum absolute atomic E-state index is 5.48. The van der Waals surface area contributed by atoms with Crippen molar-refractivity contribution in [1.82, 2.24) is 0 Å². The average Bonchev–Trinajstić information content (AvgIpc) is 3.18. The highest BCUT2D eigenvalue weighted by atomic mass is 35.5. The van der Waals surface area contributed by atoms with Gasteiger partial charge in [0, 0.05) is 5.56 Å². The third-order valence-corrected chi connectivity index (χ3v) is 2.65. The summed E-state index contributed by atoms with van der Waals surface area (Å²) in [5, 5.41) is 0. The summed E-state index contributed by atoms with van der Waals surface area (Å²) in [6, 6.07) is 7.60. The number of rotatable bonds is 5. The van der Waals surface area contributed by atoms with Crippen LogP contribution in [0.15, 0.2) is 24.3 Å². The van der Waals surface area contributed by atoms with Gasteiger partial charge in [0.05, 0.1) is 12.5 Å². The van der Waals surface area contributed by atoms with Crippen LogP contribution in [0.4, 0.5) is 0 Å². The number of alkyl halides is 1. The molecule has 0 bridgehead atoms. The standard InChI is InChI=1S/C14H15ClO2/c15-9-1-2-12-5-7-14(8-6-12)17-11-16-10-13-3-4-13/h5-8,13H,3-4,9-11H2. The first-order valence-corrected chi connectivity index (χ1v) is 6.27. The molecule has 1 aliphatic rings. The minimum absolute atomic E-state index is 0.323. The minimum Gasteiger partial charge on any atom is -0.468 e. The molecule has 90 valence electrons. The van der Waals surface area contributed by atoms with E-state index in [0.717, 1.165) is 23.8 Å². The largest absolute Gasteiger partial charge is 0.468 e. The SMILES string of the molecule is ClCC#Cc1ccc(OCOCC2CC2)cc1. The van der Waals surface area contributed by atoms with Crippen molar-refractivity contribution >= 4 is 11.6 Å². The van der Waals surface area contributed by atoms with Gasteiger partial charge in [-0.1, -0.05) is 11.8 Å². The van der Waals surface area contributed by atoms with E-state index in [1.54, 1.807) is 0 Å². The van der Waals surface area contributed by atoms with Crippen molar-refractivity contribution in [2.45, 2.75) is 12.8 Å². The molecule has 0 spiro atoms. The molecule has 1 saturated carbocycles. The molecule has 0 atom stereocenters. The number of hydrogen-bond acceptors (Lipinski definition) is 2. The molecule has 17 heavy (non-hydrogen) atoms. The van der Waals surface area contributed by atoms with Crippen LogP contribution in [-0.4, -0.2) is 19.3 Å². The third kappa shape index (κ3) is 4.68. The Balaban J connectivity index is 1.72. The molecule has 0 unspecified atom stereocenters. The van der Waals surface area contributed by atoms with Crippen LogP contribution in [0.25, 0.3) is 0 Å². The molecule has 2 nitrogen and oxygen atoms in total. The molecular formula is C14H15ClO2. The summed E-state index contributed by atoms with van der Waals surface area (Å²) in [5.74, 6) is 7.68. The molecule has 0 aliphatic heterocycles. The van der Waals surface area contributed by atoms with Gasteiger partial charge in [-0.05, 0) is 43.0 Å². The first-order valence-electron chi connectivity index (χ1n) is 5.74. The van der Waals surface area contributed by atoms with Crippen molar-refractivity contribution < 1.29 is 9.47 Å². The zero-order valence-corrected chi connectivity index (χ0v) is 10.4. The maximum atomic E-state index is 5.48. The fourth-order valence-corrected chi connectivity index (χ4v) is 1.45. The van der Waals surface area contributed by atoms with Crippen molar-refractivity contribution in [2.24, 2.45) is 5.92 Å². The second-order valence-electron chi connectivity index (χ2n) is 4.04. The Kier molecular flexibility index (Phi) is 4.73. The van der Waals surface area contributed by atoms with Crippen LogP contribution in [0, 0.1) is 17.8 Å². The number of hydrogen-bond donors (Lipinski definition) is 0. The topological polar surface area (TPSA) is 18.5 Å². The summed E-state index contributed by atoms with van der Waals surface area (Å²) < 4.78 is 10.8. The van der Waals surface area contributed by atoms with Crippen LogP contribution in [0.2, 0.25) is 0 Å². The lowest BCUT2D eigenvalue weighted by molar-refractivity contribution is 0.00998. The van der Waals surface area contributed by atoms with Gasteiger partial charge in [0.25, 0.3) is 0 Å². The Bertz CT molecular complexity index is 398. The molecule has 0 amide bonds. The van der Waals surface area contributed by atoms with E-state index in [1.807, 2.05) is 24.3 Å². The second kappa shape index (κ2) is 6.54. The first kappa shape index (κ1) is 12.3. The highest BCUT2D eigenvalue weighted by Crippen LogP contribution is 2.28. The lowest BCUT2D eigenvalue weighted by Crippen LogP contribution is -2.04. The van der Waals surface area contributed by atoms with Gasteiger partial charge < -0.3 is 9.47 Å². The summed E-state index contributed by atoms with van der Waals surface area (Å²) in [6.07, 6.45) is 2.60. The molecule has 0 N–H and O–H groups in total. The van der Waals surface area contributed by atoms with Crippen LogP contribution in [-0.2, 0) is 4.74 Å². The quantitative estimate of drug-likeness (QED) is 0.346. The molecule has 1 fully saturated rings. The Hall–Kier alpha value is -1.17. The van der Waals surface area contributed by atoms with Gasteiger partial charge in [-0.25, -0.2) is 0 Å². The van der Waals surface area contributed by atoms with Crippen molar-refractivity contribution in [3.63, 3.8) is 0 Å². The summed E-state index contributed by atoms with van der Waals surface area (Å²) >= 11 is 5.48. The molecule has 2 rings (SSSR count). The average molecular weight is 251 g/mol. The number of halogens is 1. The van der Waals surface area contributed by atoms with E-state index in [2.05, 4.69) is 11.8 Å². The predicted octanol–water partition coefficient (Wildman–Crippen LogP) is 3.04. The zero-order valence-electron chi connectivity index (χ0n) is 9.62. The highest BCUT2D eigenvalue weighted by Gasteiger charge is 2.20. The maximum Gasteiger partial charge on any atom is 0.189 e. The zero-order chi connectivity index (χ0) is 11.9. The van der Waals surface area contributed by atoms with Crippen molar-refractivity contribution in [3.05, 3.63) is 29.8 Å². The Labute approximate surface area is 107 Å². The molecule has 0 heterocycles. The van der Waals surface area contributed by atoms with Crippen molar-refractivity contribution in [2.75, 3.05) is 19.3 Å². The van der Waals surface area contributed by atoms with E-state index >= 15 is 0 Å². The van der Waals surface area contributed by atoms with Gasteiger partial charge in [-0.3, -0.25) is 0 Å². The van der Waals surface area contributed by atoms with Crippen LogP contribution in [0.5, 0.6) is 5.75 Å². The van der Waals surface area contributed by atoms with Crippen LogP contribution in [0.1, 0.15) is 18.4 Å². The van der Waals surface area contributed by atoms with Crippen molar-refractivity contribution in [1.29, 1.82) is 0 Å². The fourth-order valence-electron chi connectivity index (χ4n) is 1.38. The Morgan fingerprint density at radius 2 is 2.00 bits per heavy atom. The molecule has 1 aromatic rings. The van der Waals surface area contributed by atoms with Gasteiger partial charge >= 0.3 is 0 Å². The molecule has 0 aromatic heterocycles. The van der Waals surface area contributed by atoms with E-state index in [-0.39, 0.29) is 0 Å². The highest BCUT2D eigenvalue weighted by molar-refractivity contribution is 6.19. The molecule has 0 saturated heterocycles. The lowest BCUT2D eigenvalue weighted by atomic mass is 10.2. The molecule has 3 heteroatoms. The fraction of sp³-hybridized carbons (Fsp3) is 0.429. The monoisotopic (exact) mass is 250 g/mol. The van der Waals surface area contributed by atoms with E-state index in [1.165, 1.54) is 12.8 Å². The summed E-state index contributed by atoms with van der Waals surface area (Å²) in [4.78, 5) is 0. The van der Waals surface area contributed by atoms with Crippen LogP contribution < -0.4 is 4.74 Å². The molecule has 0 radical (unpaired) electrons. The summed E-state index contributed by atoms with van der Waals surface area (Å²) in [5.41, 5.74) is 0.942. The van der Waals surface area contributed by atoms with E-state index in [9.17, 15) is 0 Å². The molecule has 1 aliphatic carbocycles. The third-order valence-electron chi connectivity index (χ3n) is 2.51. The second-order valence-corrected chi connectivity index (χ2v) is 4.30. The molecular weight excluding hydrogens is 236 g/mol. The Morgan fingerprint density at radius 1 is 1.24 bits per heavy atom. The predicted molar refractivity (Wildman–Crippen MR) is 68.2 cm³/mol. The summed E-state index contributed by atoms with van der Waals surface area (Å²) in [7, 11) is 0. The van der Waals surface area contributed by atoms with Crippen molar-refractivity contribution in [3.8, 4) is 17.6 Å². The number of ether oxygens (including phenoxy) is 2. The van der Waals surface area contributed by atoms with E-state index in [4.69, 9.17) is 21.1 Å². The number of benzene rings is 1. The normalized spacial score (nSPS) is 13.9. The van der Waals surface area contributed by atoms with Gasteiger partial charge in [0.1, 0.15) is 5.75 Å². The smallest absolute Gasteiger partial charge is 0.189 e. The van der Waals surface area contributed by atoms with E-state index in [0.29, 0.717) is 12.7 Å². The molecule has 1 aromatic carbocycles. The first-order chi connectivity index (χ1) is 8.38. The van der Waals surface area contributed by atoms with Gasteiger partial charge in [-0.15, -0.1) is 11.6 Å². The van der Waals surface area contributed by atoms with Gasteiger partial charge in [0.2, 0.25) is 0 Å². The van der Waals surface area contributed by atoms with Gasteiger partial charge in [0.15, 0.2) is 6.79 Å². The van der Waals surface area contributed by atoms with Gasteiger partial charge in [-0.2, -0.15) is 0 Å². The van der Waals surface area contributed by atoms with Crippen LogP contribution in [0.3, 0.4) is 0 Å². The van der Waals surface area contributed by atoms with E-state index < -0.39 is 0 Å². The minimum atomic E-state index is 0.323. The van der Waals surface area contributed by atoms with Crippen LogP contribution >= 0.6 is 11.6 Å². The summed E-state index contributed by atoms with van der Waals surface area (Å²) in [6.45, 7) is 1.14. The lowest BCUT2D eigenvalue weighted by Gasteiger charge is -2.06. The Morgan fingerprint density at radius 3 is 2.65 bits per heavy atom.